The van der Waals surface area contributed by atoms with Crippen molar-refractivity contribution >= 4 is 0 Å². The summed E-state index contributed by atoms with van der Waals surface area (Å²) in [6, 6.07) is 7.56. The largest absolute Gasteiger partial charge is 0.497 e. The first-order valence-corrected chi connectivity index (χ1v) is 7.21. The minimum absolute atomic E-state index is 0.412. The van der Waals surface area contributed by atoms with E-state index < -0.39 is 6.10 Å². The van der Waals surface area contributed by atoms with Gasteiger partial charge in [0.05, 0.1) is 13.2 Å². The lowest BCUT2D eigenvalue weighted by atomic mass is 10.0. The molecule has 2 rings (SSSR count). The molecule has 0 aliphatic heterocycles. The van der Waals surface area contributed by atoms with Gasteiger partial charge in [-0.15, -0.1) is 0 Å². The molecule has 0 bridgehead atoms. The van der Waals surface area contributed by atoms with Crippen molar-refractivity contribution in [3.05, 3.63) is 29.8 Å². The standard InChI is InChI=1S/C16H25NO3/c1-19-10-9-16(7-8-16)12-17-11-15(18)13-3-5-14(20-2)6-4-13/h3-6,15,17-18H,7-12H2,1-2H3. The van der Waals surface area contributed by atoms with Crippen molar-refractivity contribution in [3.8, 4) is 5.75 Å². The monoisotopic (exact) mass is 279 g/mol. The van der Waals surface area contributed by atoms with Gasteiger partial charge in [0, 0.05) is 26.8 Å². The summed E-state index contributed by atoms with van der Waals surface area (Å²) < 4.78 is 10.3. The molecule has 4 nitrogen and oxygen atoms in total. The van der Waals surface area contributed by atoms with E-state index in [2.05, 4.69) is 5.32 Å². The van der Waals surface area contributed by atoms with E-state index in [1.807, 2.05) is 24.3 Å². The van der Waals surface area contributed by atoms with Crippen LogP contribution in [0.4, 0.5) is 0 Å². The van der Waals surface area contributed by atoms with Crippen LogP contribution in [0.1, 0.15) is 30.9 Å². The normalized spacial score (nSPS) is 17.8. The fraction of sp³-hybridized carbons (Fsp3) is 0.625. The lowest BCUT2D eigenvalue weighted by molar-refractivity contribution is 0.158. The molecule has 0 radical (unpaired) electrons. The maximum absolute atomic E-state index is 10.1. The van der Waals surface area contributed by atoms with Crippen molar-refractivity contribution in [3.63, 3.8) is 0 Å². The van der Waals surface area contributed by atoms with Crippen LogP contribution in [0.5, 0.6) is 5.75 Å². The van der Waals surface area contributed by atoms with E-state index in [-0.39, 0.29) is 0 Å². The SMILES string of the molecule is COCCC1(CNCC(O)c2ccc(OC)cc2)CC1. The molecule has 0 amide bonds. The third-order valence-corrected chi connectivity index (χ3v) is 4.13. The Morgan fingerprint density at radius 1 is 1.25 bits per heavy atom. The molecule has 0 heterocycles. The van der Waals surface area contributed by atoms with Crippen LogP contribution in [0.15, 0.2) is 24.3 Å². The Morgan fingerprint density at radius 2 is 1.95 bits per heavy atom. The van der Waals surface area contributed by atoms with Gasteiger partial charge in [-0.05, 0) is 42.4 Å². The third kappa shape index (κ3) is 4.20. The number of rotatable bonds is 9. The molecule has 2 N–H and O–H groups in total. The first-order valence-electron chi connectivity index (χ1n) is 7.21. The molecule has 1 atom stereocenters. The molecule has 1 fully saturated rings. The number of nitrogens with one attached hydrogen (secondary N) is 1. The van der Waals surface area contributed by atoms with E-state index in [0.717, 1.165) is 30.9 Å². The van der Waals surface area contributed by atoms with Gasteiger partial charge in [-0.3, -0.25) is 0 Å². The summed E-state index contributed by atoms with van der Waals surface area (Å²) in [6.45, 7) is 2.37. The highest BCUT2D eigenvalue weighted by atomic mass is 16.5. The predicted octanol–water partition coefficient (Wildman–Crippen LogP) is 2.13. The number of aliphatic hydroxyl groups is 1. The minimum atomic E-state index is -0.473. The van der Waals surface area contributed by atoms with E-state index >= 15 is 0 Å². The average molecular weight is 279 g/mol. The molecule has 0 aromatic heterocycles. The molecular weight excluding hydrogens is 254 g/mol. The van der Waals surface area contributed by atoms with Gasteiger partial charge in [0.1, 0.15) is 5.75 Å². The van der Waals surface area contributed by atoms with E-state index in [1.165, 1.54) is 12.8 Å². The van der Waals surface area contributed by atoms with Gasteiger partial charge >= 0.3 is 0 Å². The third-order valence-electron chi connectivity index (χ3n) is 4.13. The first-order chi connectivity index (χ1) is 9.69. The van der Waals surface area contributed by atoms with Crippen LogP contribution in [0.25, 0.3) is 0 Å². The molecule has 20 heavy (non-hydrogen) atoms. The number of hydrogen-bond acceptors (Lipinski definition) is 4. The molecule has 1 unspecified atom stereocenters. The Hall–Kier alpha value is -1.10. The molecule has 4 heteroatoms. The van der Waals surface area contributed by atoms with Gasteiger partial charge in [0.15, 0.2) is 0 Å². The lowest BCUT2D eigenvalue weighted by Gasteiger charge is -2.18. The van der Waals surface area contributed by atoms with Crippen molar-refractivity contribution in [2.24, 2.45) is 5.41 Å². The maximum Gasteiger partial charge on any atom is 0.118 e. The number of hydrogen-bond donors (Lipinski definition) is 2. The van der Waals surface area contributed by atoms with E-state index in [9.17, 15) is 5.11 Å². The lowest BCUT2D eigenvalue weighted by Crippen LogP contribution is -2.29. The summed E-state index contributed by atoms with van der Waals surface area (Å²) in [5.74, 6) is 0.811. The Balaban J connectivity index is 1.73. The zero-order valence-corrected chi connectivity index (χ0v) is 12.4. The Bertz CT molecular complexity index is 401. The van der Waals surface area contributed by atoms with Crippen molar-refractivity contribution in [2.45, 2.75) is 25.4 Å². The second kappa shape index (κ2) is 7.07. The van der Waals surface area contributed by atoms with Crippen LogP contribution >= 0.6 is 0 Å². The topological polar surface area (TPSA) is 50.7 Å². The zero-order valence-electron chi connectivity index (χ0n) is 12.4. The first kappa shape index (κ1) is 15.3. The Kier molecular flexibility index (Phi) is 5.40. The van der Waals surface area contributed by atoms with Crippen molar-refractivity contribution in [1.82, 2.24) is 5.32 Å². The van der Waals surface area contributed by atoms with Gasteiger partial charge in [-0.25, -0.2) is 0 Å². The van der Waals surface area contributed by atoms with Gasteiger partial charge < -0.3 is 19.9 Å². The van der Waals surface area contributed by atoms with Crippen LogP contribution < -0.4 is 10.1 Å². The smallest absolute Gasteiger partial charge is 0.118 e. The molecule has 1 aromatic rings. The van der Waals surface area contributed by atoms with Crippen LogP contribution in [0.2, 0.25) is 0 Å². The number of methoxy groups -OCH3 is 2. The van der Waals surface area contributed by atoms with Crippen molar-refractivity contribution < 1.29 is 14.6 Å². The molecule has 1 aliphatic carbocycles. The van der Waals surface area contributed by atoms with Gasteiger partial charge in [-0.2, -0.15) is 0 Å². The highest BCUT2D eigenvalue weighted by Gasteiger charge is 2.41. The molecular formula is C16H25NO3. The second-order valence-electron chi connectivity index (χ2n) is 5.66. The number of benzene rings is 1. The van der Waals surface area contributed by atoms with Crippen LogP contribution in [-0.2, 0) is 4.74 Å². The molecule has 0 spiro atoms. The van der Waals surface area contributed by atoms with Crippen LogP contribution in [-0.4, -0.2) is 39.0 Å². The molecule has 1 aliphatic rings. The quantitative estimate of drug-likeness (QED) is 0.727. The van der Waals surface area contributed by atoms with Crippen LogP contribution in [0.3, 0.4) is 0 Å². The van der Waals surface area contributed by atoms with Crippen molar-refractivity contribution in [2.75, 3.05) is 33.9 Å². The molecule has 0 saturated heterocycles. The van der Waals surface area contributed by atoms with Gasteiger partial charge in [-0.1, -0.05) is 12.1 Å². The van der Waals surface area contributed by atoms with E-state index in [1.54, 1.807) is 14.2 Å². The molecule has 1 aromatic carbocycles. The summed E-state index contributed by atoms with van der Waals surface area (Å²) in [7, 11) is 3.39. The van der Waals surface area contributed by atoms with Gasteiger partial charge in [0.25, 0.3) is 0 Å². The Labute approximate surface area is 121 Å². The zero-order chi connectivity index (χ0) is 14.4. The fourth-order valence-electron chi connectivity index (χ4n) is 2.43. The minimum Gasteiger partial charge on any atom is -0.497 e. The highest BCUT2D eigenvalue weighted by molar-refractivity contribution is 5.28. The van der Waals surface area contributed by atoms with Crippen LogP contribution in [0, 0.1) is 5.41 Å². The van der Waals surface area contributed by atoms with Crippen molar-refractivity contribution in [1.29, 1.82) is 0 Å². The summed E-state index contributed by atoms with van der Waals surface area (Å²) in [4.78, 5) is 0. The summed E-state index contributed by atoms with van der Waals surface area (Å²) in [5, 5.41) is 13.5. The van der Waals surface area contributed by atoms with E-state index in [0.29, 0.717) is 12.0 Å². The predicted molar refractivity (Wildman–Crippen MR) is 79.0 cm³/mol. The maximum atomic E-state index is 10.1. The molecule has 1 saturated carbocycles. The fourth-order valence-corrected chi connectivity index (χ4v) is 2.43. The molecule has 112 valence electrons. The summed E-state index contributed by atoms with van der Waals surface area (Å²) >= 11 is 0. The number of ether oxygens (including phenoxy) is 2. The Morgan fingerprint density at radius 3 is 2.50 bits per heavy atom. The summed E-state index contributed by atoms with van der Waals surface area (Å²) in [6.07, 6.45) is 3.16. The van der Waals surface area contributed by atoms with Gasteiger partial charge in [0.2, 0.25) is 0 Å². The summed E-state index contributed by atoms with van der Waals surface area (Å²) in [5.41, 5.74) is 1.33. The number of aliphatic hydroxyl groups excluding tert-OH is 1. The highest BCUT2D eigenvalue weighted by Crippen LogP contribution is 2.48. The average Bonchev–Trinajstić information content (AvgIpc) is 3.25. The van der Waals surface area contributed by atoms with E-state index in [4.69, 9.17) is 9.47 Å². The second-order valence-corrected chi connectivity index (χ2v) is 5.66.